The number of fused-ring (bicyclic) bond motifs is 3. The molecule has 2 aromatic heterocycles. The van der Waals surface area contributed by atoms with Crippen molar-refractivity contribution in [2.45, 2.75) is 57.1 Å². The zero-order valence-electron chi connectivity index (χ0n) is 17.2. The number of thiophene rings is 1. The van der Waals surface area contributed by atoms with E-state index in [0.717, 1.165) is 49.0 Å². The number of aryl methyl sites for hydroxylation is 2. The molecule has 2 aromatic rings. The third kappa shape index (κ3) is 4.39. The lowest BCUT2D eigenvalue weighted by molar-refractivity contribution is -0.130. The summed E-state index contributed by atoms with van der Waals surface area (Å²) in [6.07, 6.45) is 6.59. The van der Waals surface area contributed by atoms with E-state index in [1.54, 1.807) is 23.0 Å². The van der Waals surface area contributed by atoms with Gasteiger partial charge in [-0.25, -0.2) is 4.98 Å². The fourth-order valence-corrected chi connectivity index (χ4v) is 6.57. The highest BCUT2D eigenvalue weighted by Crippen LogP contribution is 2.34. The Morgan fingerprint density at radius 3 is 2.93 bits per heavy atom. The third-order valence-electron chi connectivity index (χ3n) is 5.89. The summed E-state index contributed by atoms with van der Waals surface area (Å²) in [6.45, 7) is 4.78. The minimum absolute atomic E-state index is 0.0213. The van der Waals surface area contributed by atoms with Gasteiger partial charge < -0.3 is 9.64 Å². The van der Waals surface area contributed by atoms with Crippen LogP contribution in [0.25, 0.3) is 10.2 Å². The van der Waals surface area contributed by atoms with Gasteiger partial charge in [0, 0.05) is 25.1 Å². The number of nitrogens with zero attached hydrogens (tertiary/aromatic N) is 3. The predicted octanol–water partition coefficient (Wildman–Crippen LogP) is 3.33. The maximum Gasteiger partial charge on any atom is 0.263 e. The average molecular weight is 436 g/mol. The van der Waals surface area contributed by atoms with Crippen LogP contribution < -0.4 is 5.56 Å². The second kappa shape index (κ2) is 9.18. The molecule has 1 aliphatic carbocycles. The largest absolute Gasteiger partial charge is 0.383 e. The number of ether oxygens (including phenoxy) is 1. The van der Waals surface area contributed by atoms with Crippen molar-refractivity contribution in [3.8, 4) is 0 Å². The maximum atomic E-state index is 13.3. The van der Waals surface area contributed by atoms with Crippen LogP contribution in [0.4, 0.5) is 0 Å². The Kier molecular flexibility index (Phi) is 6.61. The van der Waals surface area contributed by atoms with Crippen molar-refractivity contribution in [1.82, 2.24) is 14.5 Å². The first-order chi connectivity index (χ1) is 14.1. The number of hydrogen-bond acceptors (Lipinski definition) is 6. The van der Waals surface area contributed by atoms with Gasteiger partial charge in [-0.05, 0) is 50.0 Å². The van der Waals surface area contributed by atoms with Crippen LogP contribution in [0.15, 0.2) is 9.95 Å². The van der Waals surface area contributed by atoms with Crippen LogP contribution in [-0.4, -0.2) is 52.9 Å². The lowest BCUT2D eigenvalue weighted by Crippen LogP contribution is -2.40. The number of thioether (sulfide) groups is 1. The number of carbonyl (C=O) groups is 1. The van der Waals surface area contributed by atoms with E-state index in [2.05, 4.69) is 6.92 Å². The van der Waals surface area contributed by atoms with Crippen molar-refractivity contribution in [2.75, 3.05) is 32.6 Å². The van der Waals surface area contributed by atoms with Gasteiger partial charge in [0.1, 0.15) is 4.83 Å². The van der Waals surface area contributed by atoms with Gasteiger partial charge in [-0.2, -0.15) is 0 Å². The molecule has 8 heteroatoms. The Bertz CT molecular complexity index is 953. The molecule has 4 rings (SSSR count). The molecule has 3 heterocycles. The quantitative estimate of drug-likeness (QED) is 0.514. The first-order valence-corrected chi connectivity index (χ1v) is 12.3. The van der Waals surface area contributed by atoms with Crippen LogP contribution in [0.5, 0.6) is 0 Å². The molecule has 1 atom stereocenters. The number of likely N-dealkylation sites (tertiary alicyclic amines) is 1. The van der Waals surface area contributed by atoms with E-state index in [1.807, 2.05) is 4.90 Å². The molecule has 0 aromatic carbocycles. The normalized spacial score (nSPS) is 19.5. The van der Waals surface area contributed by atoms with Crippen molar-refractivity contribution in [2.24, 2.45) is 5.92 Å². The van der Waals surface area contributed by atoms with Crippen molar-refractivity contribution >= 4 is 39.2 Å². The summed E-state index contributed by atoms with van der Waals surface area (Å²) in [7, 11) is 1.64. The summed E-state index contributed by atoms with van der Waals surface area (Å²) in [5.74, 6) is 1.02. The second-order valence-electron chi connectivity index (χ2n) is 8.11. The van der Waals surface area contributed by atoms with Crippen LogP contribution in [0.3, 0.4) is 0 Å². The van der Waals surface area contributed by atoms with E-state index in [0.29, 0.717) is 30.0 Å². The molecule has 158 valence electrons. The molecule has 0 spiro atoms. The van der Waals surface area contributed by atoms with Gasteiger partial charge in [0.2, 0.25) is 5.91 Å². The Morgan fingerprint density at radius 2 is 2.14 bits per heavy atom. The fraction of sp³-hybridized carbons (Fsp3) is 0.667. The predicted molar refractivity (Wildman–Crippen MR) is 118 cm³/mol. The zero-order chi connectivity index (χ0) is 20.4. The molecule has 1 unspecified atom stereocenters. The van der Waals surface area contributed by atoms with Gasteiger partial charge in [0.15, 0.2) is 5.16 Å². The molecule has 6 nitrogen and oxygen atoms in total. The summed E-state index contributed by atoms with van der Waals surface area (Å²) >= 11 is 3.05. The smallest absolute Gasteiger partial charge is 0.263 e. The zero-order valence-corrected chi connectivity index (χ0v) is 18.9. The molecule has 1 aliphatic heterocycles. The van der Waals surface area contributed by atoms with Crippen molar-refractivity contribution in [3.63, 3.8) is 0 Å². The number of rotatable bonds is 6. The SMILES string of the molecule is COCCn1c(SCC(=O)N2CCCC(C)C2)nc2sc3c(c2c1=O)CCCC3. The van der Waals surface area contributed by atoms with Crippen LogP contribution in [0.1, 0.15) is 43.0 Å². The molecular weight excluding hydrogens is 406 g/mol. The molecule has 2 aliphatic rings. The molecule has 0 bridgehead atoms. The molecule has 0 saturated carbocycles. The van der Waals surface area contributed by atoms with Gasteiger partial charge >= 0.3 is 0 Å². The highest BCUT2D eigenvalue weighted by molar-refractivity contribution is 7.99. The van der Waals surface area contributed by atoms with Crippen molar-refractivity contribution < 1.29 is 9.53 Å². The summed E-state index contributed by atoms with van der Waals surface area (Å²) < 4.78 is 6.94. The Labute approximate surface area is 179 Å². The van der Waals surface area contributed by atoms with E-state index >= 15 is 0 Å². The first kappa shape index (κ1) is 20.9. The van der Waals surface area contributed by atoms with E-state index in [1.165, 1.54) is 35.0 Å². The van der Waals surface area contributed by atoms with Crippen LogP contribution >= 0.6 is 23.1 Å². The van der Waals surface area contributed by atoms with Gasteiger partial charge in [0.05, 0.1) is 24.3 Å². The minimum Gasteiger partial charge on any atom is -0.383 e. The number of hydrogen-bond donors (Lipinski definition) is 0. The molecule has 29 heavy (non-hydrogen) atoms. The average Bonchev–Trinajstić information content (AvgIpc) is 3.10. The Balaban J connectivity index is 1.62. The van der Waals surface area contributed by atoms with E-state index in [-0.39, 0.29) is 11.5 Å². The van der Waals surface area contributed by atoms with Gasteiger partial charge in [-0.15, -0.1) is 11.3 Å². The standard InChI is InChI=1S/C21H29N3O3S2/c1-14-6-5-9-23(12-14)17(25)13-28-21-22-19-18(20(26)24(21)10-11-27-2)15-7-3-4-8-16(15)29-19/h14H,3-13H2,1-2H3. The fourth-order valence-electron chi connectivity index (χ4n) is 4.34. The summed E-state index contributed by atoms with van der Waals surface area (Å²) in [6, 6.07) is 0. The Hall–Kier alpha value is -1.38. The number of carbonyl (C=O) groups excluding carboxylic acids is 1. The second-order valence-corrected chi connectivity index (χ2v) is 10.1. The van der Waals surface area contributed by atoms with E-state index < -0.39 is 0 Å². The lowest BCUT2D eigenvalue weighted by Gasteiger charge is -2.30. The van der Waals surface area contributed by atoms with Crippen LogP contribution in [0, 0.1) is 5.92 Å². The summed E-state index contributed by atoms with van der Waals surface area (Å²) in [4.78, 5) is 35.0. The van der Waals surface area contributed by atoms with Gasteiger partial charge in [0.25, 0.3) is 5.56 Å². The van der Waals surface area contributed by atoms with Gasteiger partial charge in [-0.1, -0.05) is 18.7 Å². The van der Waals surface area contributed by atoms with Crippen LogP contribution in [-0.2, 0) is 28.9 Å². The van der Waals surface area contributed by atoms with Crippen molar-refractivity contribution in [3.05, 3.63) is 20.8 Å². The van der Waals surface area contributed by atoms with E-state index in [9.17, 15) is 9.59 Å². The lowest BCUT2D eigenvalue weighted by atomic mass is 9.97. The highest BCUT2D eigenvalue weighted by Gasteiger charge is 2.24. The maximum absolute atomic E-state index is 13.3. The van der Waals surface area contributed by atoms with Crippen LogP contribution in [0.2, 0.25) is 0 Å². The monoisotopic (exact) mass is 435 g/mol. The number of amides is 1. The molecule has 0 N–H and O–H groups in total. The Morgan fingerprint density at radius 1 is 1.31 bits per heavy atom. The topological polar surface area (TPSA) is 64.4 Å². The first-order valence-electron chi connectivity index (χ1n) is 10.5. The summed E-state index contributed by atoms with van der Waals surface area (Å²) in [5, 5.41) is 1.43. The minimum atomic E-state index is 0.0213. The molecule has 1 fully saturated rings. The number of aromatic nitrogens is 2. The molecule has 1 saturated heterocycles. The number of piperidine rings is 1. The molecule has 0 radical (unpaired) electrons. The molecule has 1 amide bonds. The third-order valence-corrected chi connectivity index (χ3v) is 8.04. The van der Waals surface area contributed by atoms with E-state index in [4.69, 9.17) is 9.72 Å². The van der Waals surface area contributed by atoms with Gasteiger partial charge in [-0.3, -0.25) is 14.2 Å². The number of methoxy groups -OCH3 is 1. The highest BCUT2D eigenvalue weighted by atomic mass is 32.2. The van der Waals surface area contributed by atoms with Crippen molar-refractivity contribution in [1.29, 1.82) is 0 Å². The summed E-state index contributed by atoms with van der Waals surface area (Å²) in [5.41, 5.74) is 1.22. The molecular formula is C21H29N3O3S2.